The van der Waals surface area contributed by atoms with Crippen LogP contribution in [0.15, 0.2) is 0 Å². The Balaban J connectivity index is 2.08. The maximum Gasteiger partial charge on any atom is 0.309 e. The van der Waals surface area contributed by atoms with Gasteiger partial charge >= 0.3 is 5.97 Å². The maximum atomic E-state index is 13.3. The molecule has 0 aromatic heterocycles. The third-order valence-corrected chi connectivity index (χ3v) is 7.49. The summed E-state index contributed by atoms with van der Waals surface area (Å²) in [6.45, 7) is 6.49. The molecule has 1 amide bonds. The van der Waals surface area contributed by atoms with Crippen molar-refractivity contribution in [3.05, 3.63) is 10.1 Å². The number of nitrogens with zero attached hydrogens (tertiary/aromatic N) is 1. The van der Waals surface area contributed by atoms with E-state index in [9.17, 15) is 19.7 Å². The molecule has 2 fully saturated rings. The van der Waals surface area contributed by atoms with Gasteiger partial charge in [0.2, 0.25) is 11.9 Å². The van der Waals surface area contributed by atoms with Gasteiger partial charge in [-0.15, -0.1) is 0 Å². The summed E-state index contributed by atoms with van der Waals surface area (Å²) in [4.78, 5) is 37.4. The van der Waals surface area contributed by atoms with Gasteiger partial charge in [-0.1, -0.05) is 46.5 Å². The molecular weight excluding hydrogens is 396 g/mol. The lowest BCUT2D eigenvalue weighted by molar-refractivity contribution is -0.537. The first kappa shape index (κ1) is 25.6. The van der Waals surface area contributed by atoms with Crippen LogP contribution in [-0.4, -0.2) is 35.5 Å². The van der Waals surface area contributed by atoms with Crippen molar-refractivity contribution >= 4 is 11.9 Å². The number of hydrogen-bond acceptors (Lipinski definition) is 5. The van der Waals surface area contributed by atoms with Gasteiger partial charge in [0.1, 0.15) is 0 Å². The minimum atomic E-state index is -0.622. The smallest absolute Gasteiger partial charge is 0.309 e. The molecule has 0 radical (unpaired) electrons. The van der Waals surface area contributed by atoms with E-state index in [1.165, 1.54) is 0 Å². The zero-order chi connectivity index (χ0) is 22.8. The number of nitro groups is 1. The monoisotopic (exact) mass is 438 g/mol. The topological polar surface area (TPSA) is 98.5 Å². The highest BCUT2D eigenvalue weighted by Gasteiger charge is 2.43. The van der Waals surface area contributed by atoms with Crippen molar-refractivity contribution in [1.29, 1.82) is 0 Å². The molecule has 0 aromatic carbocycles. The van der Waals surface area contributed by atoms with Gasteiger partial charge in [-0.2, -0.15) is 0 Å². The van der Waals surface area contributed by atoms with Gasteiger partial charge in [-0.3, -0.25) is 19.7 Å². The van der Waals surface area contributed by atoms with E-state index in [0.29, 0.717) is 25.9 Å². The summed E-state index contributed by atoms with van der Waals surface area (Å²) in [6, 6.07) is -0.680. The summed E-state index contributed by atoms with van der Waals surface area (Å²) < 4.78 is 5.52. The highest BCUT2D eigenvalue weighted by Crippen LogP contribution is 2.36. The molecule has 178 valence electrons. The van der Waals surface area contributed by atoms with Crippen molar-refractivity contribution in [1.82, 2.24) is 5.32 Å². The lowest BCUT2D eigenvalue weighted by atomic mass is 9.73. The van der Waals surface area contributed by atoms with E-state index in [1.807, 2.05) is 13.8 Å². The number of rotatable bonds is 11. The standard InChI is InChI=1S/C24H42N2O5/c1-4-7-16-31-24(28)18(6-3)19-12-8-10-14-21(19)25-23(27)17(5-2)20-13-9-11-15-22(20)26(29)30/h17-22H,4-16H2,1-3H3,(H,25,27)/t17-,18-,19-,20-,21-,22-/m0/s1. The first-order chi connectivity index (χ1) is 14.9. The lowest BCUT2D eigenvalue weighted by Gasteiger charge is -2.38. The van der Waals surface area contributed by atoms with E-state index in [2.05, 4.69) is 12.2 Å². The van der Waals surface area contributed by atoms with E-state index >= 15 is 0 Å². The quantitative estimate of drug-likeness (QED) is 0.214. The van der Waals surface area contributed by atoms with E-state index < -0.39 is 6.04 Å². The van der Waals surface area contributed by atoms with Crippen LogP contribution in [0.25, 0.3) is 0 Å². The molecule has 0 aliphatic heterocycles. The Morgan fingerprint density at radius 2 is 1.58 bits per heavy atom. The number of esters is 1. The van der Waals surface area contributed by atoms with Crippen LogP contribution in [0.2, 0.25) is 0 Å². The molecule has 7 heteroatoms. The molecule has 31 heavy (non-hydrogen) atoms. The van der Waals surface area contributed by atoms with Crippen LogP contribution in [0.3, 0.4) is 0 Å². The van der Waals surface area contributed by atoms with E-state index in [1.54, 1.807) is 0 Å². The maximum absolute atomic E-state index is 13.3. The van der Waals surface area contributed by atoms with Gasteiger partial charge in [-0.05, 0) is 50.9 Å². The van der Waals surface area contributed by atoms with Gasteiger partial charge in [0, 0.05) is 29.2 Å². The second-order valence-corrected chi connectivity index (χ2v) is 9.41. The Morgan fingerprint density at radius 3 is 2.19 bits per heavy atom. The summed E-state index contributed by atoms with van der Waals surface area (Å²) >= 11 is 0. The van der Waals surface area contributed by atoms with Crippen molar-refractivity contribution in [2.45, 2.75) is 110 Å². The molecule has 1 N–H and O–H groups in total. The molecule has 0 spiro atoms. The second-order valence-electron chi connectivity index (χ2n) is 9.41. The fourth-order valence-electron chi connectivity index (χ4n) is 5.73. The number of amides is 1. The molecule has 6 atom stereocenters. The highest BCUT2D eigenvalue weighted by molar-refractivity contribution is 5.79. The van der Waals surface area contributed by atoms with Crippen LogP contribution in [0.4, 0.5) is 0 Å². The van der Waals surface area contributed by atoms with E-state index in [0.717, 1.165) is 57.8 Å². The van der Waals surface area contributed by atoms with Gasteiger partial charge in [-0.25, -0.2) is 0 Å². The molecule has 0 saturated heterocycles. The minimum absolute atomic E-state index is 0.0587. The Kier molecular flexibility index (Phi) is 10.7. The number of unbranched alkanes of at least 4 members (excludes halogenated alkanes) is 1. The van der Waals surface area contributed by atoms with Gasteiger partial charge < -0.3 is 10.1 Å². The van der Waals surface area contributed by atoms with E-state index in [-0.39, 0.29) is 46.5 Å². The van der Waals surface area contributed by atoms with Crippen LogP contribution >= 0.6 is 0 Å². The Labute approximate surface area is 187 Å². The van der Waals surface area contributed by atoms with Crippen LogP contribution in [-0.2, 0) is 14.3 Å². The minimum Gasteiger partial charge on any atom is -0.465 e. The summed E-state index contributed by atoms with van der Waals surface area (Å²) in [6.07, 6.45) is 10.1. The molecule has 2 aliphatic rings. The third kappa shape index (κ3) is 6.91. The molecule has 7 nitrogen and oxygen atoms in total. The van der Waals surface area contributed by atoms with E-state index in [4.69, 9.17) is 4.74 Å². The lowest BCUT2D eigenvalue weighted by Crippen LogP contribution is -2.51. The van der Waals surface area contributed by atoms with Crippen LogP contribution in [0.5, 0.6) is 0 Å². The average Bonchev–Trinajstić information content (AvgIpc) is 2.76. The first-order valence-electron chi connectivity index (χ1n) is 12.5. The Hall–Kier alpha value is -1.66. The largest absolute Gasteiger partial charge is 0.465 e. The fourth-order valence-corrected chi connectivity index (χ4v) is 5.73. The van der Waals surface area contributed by atoms with Crippen molar-refractivity contribution < 1.29 is 19.2 Å². The van der Waals surface area contributed by atoms with Crippen LogP contribution < -0.4 is 5.32 Å². The van der Waals surface area contributed by atoms with Crippen molar-refractivity contribution in [3.8, 4) is 0 Å². The number of ether oxygens (including phenoxy) is 1. The summed E-state index contributed by atoms with van der Waals surface area (Å²) in [5.74, 6) is -0.871. The predicted molar refractivity (Wildman–Crippen MR) is 120 cm³/mol. The fraction of sp³-hybridized carbons (Fsp3) is 0.917. The molecule has 0 unspecified atom stereocenters. The Morgan fingerprint density at radius 1 is 0.968 bits per heavy atom. The highest BCUT2D eigenvalue weighted by atomic mass is 16.6. The van der Waals surface area contributed by atoms with Crippen molar-refractivity contribution in [2.24, 2.45) is 23.7 Å². The van der Waals surface area contributed by atoms with Crippen LogP contribution in [0.1, 0.15) is 97.8 Å². The number of carbonyl (C=O) groups excluding carboxylic acids is 2. The zero-order valence-electron chi connectivity index (χ0n) is 19.6. The Bertz CT molecular complexity index is 597. The average molecular weight is 439 g/mol. The molecule has 2 aliphatic carbocycles. The van der Waals surface area contributed by atoms with Gasteiger partial charge in [0.15, 0.2) is 0 Å². The van der Waals surface area contributed by atoms with Gasteiger partial charge in [0.05, 0.1) is 12.5 Å². The molecule has 0 bridgehead atoms. The van der Waals surface area contributed by atoms with Gasteiger partial charge in [0.25, 0.3) is 0 Å². The molecule has 2 saturated carbocycles. The number of hydrogen-bond donors (Lipinski definition) is 1. The number of carbonyl (C=O) groups is 2. The summed E-state index contributed by atoms with van der Waals surface area (Å²) in [5.41, 5.74) is 0. The predicted octanol–water partition coefficient (Wildman–Crippen LogP) is 4.89. The zero-order valence-corrected chi connectivity index (χ0v) is 19.6. The molecular formula is C24H42N2O5. The second kappa shape index (κ2) is 13.0. The SMILES string of the molecule is CCCCOC(=O)[C@@H](CC)[C@@H]1CCCC[C@@H]1NC(=O)[C@@H](CC)[C@@H]1CCCC[C@@H]1[N+](=O)[O-]. The summed E-state index contributed by atoms with van der Waals surface area (Å²) in [7, 11) is 0. The van der Waals surface area contributed by atoms with Crippen molar-refractivity contribution in [2.75, 3.05) is 6.61 Å². The van der Waals surface area contributed by atoms with Crippen LogP contribution in [0, 0.1) is 33.8 Å². The normalized spacial score (nSPS) is 28.4. The molecule has 0 heterocycles. The first-order valence-corrected chi connectivity index (χ1v) is 12.5. The third-order valence-electron chi connectivity index (χ3n) is 7.49. The number of nitrogens with one attached hydrogen (secondary N) is 1. The molecule has 0 aromatic rings. The summed E-state index contributed by atoms with van der Waals surface area (Å²) in [5, 5.41) is 14.8. The van der Waals surface area contributed by atoms with Crippen molar-refractivity contribution in [3.63, 3.8) is 0 Å². The molecule has 2 rings (SSSR count).